The summed E-state index contributed by atoms with van der Waals surface area (Å²) in [5.41, 5.74) is -0.112. The van der Waals surface area contributed by atoms with Gasteiger partial charge >= 0.3 is 0 Å². The van der Waals surface area contributed by atoms with Gasteiger partial charge in [0.15, 0.2) is 0 Å². The van der Waals surface area contributed by atoms with Gasteiger partial charge in [-0.05, 0) is 48.8 Å². The van der Waals surface area contributed by atoms with E-state index in [1.807, 2.05) is 0 Å². The van der Waals surface area contributed by atoms with Crippen molar-refractivity contribution in [2.75, 3.05) is 5.32 Å². The zero-order chi connectivity index (χ0) is 21.2. The van der Waals surface area contributed by atoms with E-state index in [4.69, 9.17) is 9.88 Å². The van der Waals surface area contributed by atoms with Gasteiger partial charge in [0.1, 0.15) is 16.8 Å². The lowest BCUT2D eigenvalue weighted by atomic mass is 10.1. The number of aliphatic hydroxyl groups is 2. The van der Waals surface area contributed by atoms with Gasteiger partial charge in [0.05, 0.1) is 22.9 Å². The number of anilines is 2. The number of nitrogens with two attached hydrogens (primary N) is 1. The molecule has 154 valence electrons. The highest BCUT2D eigenvalue weighted by atomic mass is 79.9. The predicted octanol–water partition coefficient (Wildman–Crippen LogP) is 1.97. The van der Waals surface area contributed by atoms with E-state index in [0.29, 0.717) is 4.47 Å². The molecule has 3 atom stereocenters. The number of aliphatic hydroxyl groups excluding tert-OH is 2. The third-order valence-corrected chi connectivity index (χ3v) is 5.30. The van der Waals surface area contributed by atoms with Crippen LogP contribution in [0.15, 0.2) is 27.7 Å². The summed E-state index contributed by atoms with van der Waals surface area (Å²) in [6, 6.07) is 2.13. The van der Waals surface area contributed by atoms with Gasteiger partial charge in [0, 0.05) is 11.3 Å². The summed E-state index contributed by atoms with van der Waals surface area (Å²) in [5, 5.41) is 27.1. The molecule has 9 nitrogen and oxygen atoms in total. The van der Waals surface area contributed by atoms with Gasteiger partial charge in [0.2, 0.25) is 21.9 Å². The molecule has 0 radical (unpaired) electrons. The number of nitrogens with zero attached hydrogens (tertiary/aromatic N) is 2. The van der Waals surface area contributed by atoms with Crippen molar-refractivity contribution < 1.29 is 27.8 Å². The fraction of sp³-hybridized carbons (Fsp3) is 0.375. The standard InChI is InChI=1S/C16H20BrFN4O5S/c1-7(23)9(3)27-15-12(17)6-20-16(22-15)21-10-4-11(8(2)24)14(13(18)5-10)28(19,25)26/h4-9,23-24H,1-3H3,(H2,19,25,26)(H,20,21,22)/t7-,8?,9-/m1/s1. The zero-order valence-electron chi connectivity index (χ0n) is 15.2. The molecule has 0 saturated heterocycles. The molecule has 1 aromatic heterocycles. The molecule has 0 aliphatic carbocycles. The summed E-state index contributed by atoms with van der Waals surface area (Å²) < 4.78 is 43.6. The van der Waals surface area contributed by atoms with Gasteiger partial charge in [0.25, 0.3) is 0 Å². The third-order valence-electron chi connectivity index (χ3n) is 3.75. The van der Waals surface area contributed by atoms with Crippen molar-refractivity contribution in [3.8, 4) is 5.88 Å². The minimum absolute atomic E-state index is 0.0234. The maximum absolute atomic E-state index is 14.4. The van der Waals surface area contributed by atoms with E-state index in [9.17, 15) is 23.0 Å². The Kier molecular flexibility index (Phi) is 6.93. The number of primary sulfonamides is 1. The number of nitrogens with one attached hydrogen (secondary N) is 1. The van der Waals surface area contributed by atoms with Crippen LogP contribution < -0.4 is 15.2 Å². The lowest BCUT2D eigenvalue weighted by Crippen LogP contribution is -2.26. The first-order valence-electron chi connectivity index (χ1n) is 8.08. The van der Waals surface area contributed by atoms with E-state index in [1.54, 1.807) is 13.8 Å². The summed E-state index contributed by atoms with van der Waals surface area (Å²) in [7, 11) is -4.38. The molecule has 12 heteroatoms. The number of aromatic nitrogens is 2. The zero-order valence-corrected chi connectivity index (χ0v) is 17.6. The van der Waals surface area contributed by atoms with Gasteiger partial charge < -0.3 is 20.3 Å². The lowest BCUT2D eigenvalue weighted by molar-refractivity contribution is 0.0569. The second kappa shape index (κ2) is 8.66. The molecule has 1 unspecified atom stereocenters. The van der Waals surface area contributed by atoms with Crippen LogP contribution in [0.1, 0.15) is 32.4 Å². The minimum atomic E-state index is -4.38. The normalized spacial score (nSPS) is 15.0. The molecule has 1 aromatic carbocycles. The molecule has 5 N–H and O–H groups in total. The Morgan fingerprint density at radius 2 is 1.93 bits per heavy atom. The van der Waals surface area contributed by atoms with Gasteiger partial charge in [-0.2, -0.15) is 4.98 Å². The third kappa shape index (κ3) is 5.35. The summed E-state index contributed by atoms with van der Waals surface area (Å²) in [6.07, 6.45) is -1.19. The number of hydrogen-bond acceptors (Lipinski definition) is 8. The van der Waals surface area contributed by atoms with Gasteiger partial charge in [-0.1, -0.05) is 0 Å². The molecule has 2 rings (SSSR count). The number of ether oxygens (including phenoxy) is 1. The van der Waals surface area contributed by atoms with Crippen molar-refractivity contribution >= 4 is 37.6 Å². The largest absolute Gasteiger partial charge is 0.471 e. The molecule has 28 heavy (non-hydrogen) atoms. The predicted molar refractivity (Wildman–Crippen MR) is 103 cm³/mol. The van der Waals surface area contributed by atoms with Crippen molar-refractivity contribution in [3.05, 3.63) is 34.2 Å². The molecule has 0 spiro atoms. The second-order valence-corrected chi connectivity index (χ2v) is 8.49. The summed E-state index contributed by atoms with van der Waals surface area (Å²) in [5.74, 6) is -0.960. The van der Waals surface area contributed by atoms with Crippen molar-refractivity contribution in [1.82, 2.24) is 9.97 Å². The smallest absolute Gasteiger partial charge is 0.241 e. The number of hydrogen-bond donors (Lipinski definition) is 4. The number of halogens is 2. The lowest BCUT2D eigenvalue weighted by Gasteiger charge is -2.18. The fourth-order valence-corrected chi connectivity index (χ4v) is 3.37. The number of rotatable bonds is 7. The number of benzene rings is 1. The van der Waals surface area contributed by atoms with E-state index in [1.165, 1.54) is 19.2 Å². The monoisotopic (exact) mass is 478 g/mol. The van der Waals surface area contributed by atoms with E-state index >= 15 is 0 Å². The van der Waals surface area contributed by atoms with Crippen LogP contribution in [0.4, 0.5) is 16.0 Å². The maximum Gasteiger partial charge on any atom is 0.241 e. The molecule has 2 aromatic rings. The van der Waals surface area contributed by atoms with Crippen molar-refractivity contribution in [1.29, 1.82) is 0 Å². The van der Waals surface area contributed by atoms with E-state index < -0.39 is 39.0 Å². The van der Waals surface area contributed by atoms with Crippen LogP contribution in [0.3, 0.4) is 0 Å². The summed E-state index contributed by atoms with van der Waals surface area (Å²) in [4.78, 5) is 7.38. The Morgan fingerprint density at radius 3 is 2.46 bits per heavy atom. The Labute approximate surface area is 170 Å². The first-order valence-corrected chi connectivity index (χ1v) is 10.4. The Morgan fingerprint density at radius 1 is 1.29 bits per heavy atom. The van der Waals surface area contributed by atoms with Crippen molar-refractivity contribution in [3.63, 3.8) is 0 Å². The van der Waals surface area contributed by atoms with E-state index in [-0.39, 0.29) is 23.1 Å². The molecule has 0 fully saturated rings. The molecule has 0 aliphatic rings. The Bertz CT molecular complexity index is 972. The Hall–Kier alpha value is -1.86. The first kappa shape index (κ1) is 22.4. The molecule has 0 bridgehead atoms. The highest BCUT2D eigenvalue weighted by Gasteiger charge is 2.24. The minimum Gasteiger partial charge on any atom is -0.471 e. The molecular weight excluding hydrogens is 459 g/mol. The van der Waals surface area contributed by atoms with Gasteiger partial charge in [-0.15, -0.1) is 0 Å². The van der Waals surface area contributed by atoms with Crippen LogP contribution in [0.2, 0.25) is 0 Å². The summed E-state index contributed by atoms with van der Waals surface area (Å²) >= 11 is 3.23. The topological polar surface area (TPSA) is 148 Å². The van der Waals surface area contributed by atoms with Crippen LogP contribution in [0.25, 0.3) is 0 Å². The van der Waals surface area contributed by atoms with Crippen molar-refractivity contribution in [2.24, 2.45) is 5.14 Å². The molecule has 0 aliphatic heterocycles. The molecular formula is C16H20BrFN4O5S. The molecule has 0 saturated carbocycles. The van der Waals surface area contributed by atoms with Gasteiger partial charge in [-0.25, -0.2) is 22.9 Å². The SMILES string of the molecule is CC(O)c1cc(Nc2ncc(Br)c(O[C@H](C)[C@@H](C)O)n2)cc(F)c1S(N)(=O)=O. The molecule has 1 heterocycles. The van der Waals surface area contributed by atoms with Crippen LogP contribution in [0.5, 0.6) is 5.88 Å². The number of sulfonamides is 1. The Balaban J connectivity index is 2.41. The van der Waals surface area contributed by atoms with Crippen LogP contribution in [-0.2, 0) is 10.0 Å². The van der Waals surface area contributed by atoms with Gasteiger partial charge in [-0.3, -0.25) is 0 Å². The first-order chi connectivity index (χ1) is 12.9. The van der Waals surface area contributed by atoms with Crippen LogP contribution in [0, 0.1) is 5.82 Å². The average molecular weight is 479 g/mol. The van der Waals surface area contributed by atoms with E-state index in [0.717, 1.165) is 6.07 Å². The second-order valence-electron chi connectivity index (χ2n) is 6.13. The van der Waals surface area contributed by atoms with Crippen LogP contribution in [-0.4, -0.2) is 40.8 Å². The summed E-state index contributed by atoms with van der Waals surface area (Å²) in [6.45, 7) is 4.50. The fourth-order valence-electron chi connectivity index (χ4n) is 2.20. The average Bonchev–Trinajstić information content (AvgIpc) is 2.55. The highest BCUT2D eigenvalue weighted by Crippen LogP contribution is 2.30. The van der Waals surface area contributed by atoms with Crippen LogP contribution >= 0.6 is 15.9 Å². The van der Waals surface area contributed by atoms with E-state index in [2.05, 4.69) is 31.2 Å². The quantitative estimate of drug-likeness (QED) is 0.471. The maximum atomic E-state index is 14.4. The van der Waals surface area contributed by atoms with Crippen molar-refractivity contribution in [2.45, 2.75) is 44.0 Å². The molecule has 0 amide bonds. The highest BCUT2D eigenvalue weighted by molar-refractivity contribution is 9.10.